The van der Waals surface area contributed by atoms with Gasteiger partial charge in [-0.1, -0.05) is 5.21 Å². The topological polar surface area (TPSA) is 50.9 Å². The summed E-state index contributed by atoms with van der Waals surface area (Å²) in [7, 11) is 0. The standard InChI is InChI=1S/C7H11N3O/c1-5(11)7-4-8-9-10(7)6-2-3-6/h4-6,11H,2-3H2,1H3/t5-/m0/s1. The second-order valence-corrected chi connectivity index (χ2v) is 3.01. The van der Waals surface area contributed by atoms with Crippen LogP contribution in [0.4, 0.5) is 0 Å². The van der Waals surface area contributed by atoms with Gasteiger partial charge in [-0.2, -0.15) is 0 Å². The minimum atomic E-state index is -0.453. The van der Waals surface area contributed by atoms with Crippen molar-refractivity contribution in [2.75, 3.05) is 0 Å². The van der Waals surface area contributed by atoms with Gasteiger partial charge in [-0.3, -0.25) is 0 Å². The lowest BCUT2D eigenvalue weighted by atomic mass is 10.3. The normalized spacial score (nSPS) is 20.2. The number of nitrogens with zero attached hydrogens (tertiary/aromatic N) is 3. The lowest BCUT2D eigenvalue weighted by molar-refractivity contribution is 0.187. The van der Waals surface area contributed by atoms with Gasteiger partial charge in [0, 0.05) is 0 Å². The van der Waals surface area contributed by atoms with Crippen molar-refractivity contribution in [3.8, 4) is 0 Å². The lowest BCUT2D eigenvalue weighted by Gasteiger charge is -2.05. The van der Waals surface area contributed by atoms with E-state index in [1.54, 1.807) is 13.1 Å². The number of hydrogen-bond donors (Lipinski definition) is 1. The molecule has 0 saturated heterocycles. The highest BCUT2D eigenvalue weighted by Gasteiger charge is 2.27. The van der Waals surface area contributed by atoms with E-state index in [4.69, 9.17) is 0 Å². The number of aromatic nitrogens is 3. The third-order valence-electron chi connectivity index (χ3n) is 1.92. The molecule has 1 atom stereocenters. The first-order chi connectivity index (χ1) is 5.29. The van der Waals surface area contributed by atoms with Gasteiger partial charge in [0.15, 0.2) is 0 Å². The van der Waals surface area contributed by atoms with Gasteiger partial charge in [-0.15, -0.1) is 5.10 Å². The van der Waals surface area contributed by atoms with Gasteiger partial charge >= 0.3 is 0 Å². The van der Waals surface area contributed by atoms with E-state index in [0.29, 0.717) is 6.04 Å². The van der Waals surface area contributed by atoms with E-state index in [9.17, 15) is 5.11 Å². The maximum absolute atomic E-state index is 9.27. The van der Waals surface area contributed by atoms with Gasteiger partial charge in [0.05, 0.1) is 24.0 Å². The van der Waals surface area contributed by atoms with Crippen molar-refractivity contribution >= 4 is 0 Å². The Labute approximate surface area is 64.8 Å². The molecule has 1 aromatic heterocycles. The number of aliphatic hydroxyl groups excluding tert-OH is 1. The SMILES string of the molecule is C[C@H](O)c1cnnn1C1CC1. The molecule has 0 aliphatic heterocycles. The predicted octanol–water partition coefficient (Wildman–Crippen LogP) is 0.666. The van der Waals surface area contributed by atoms with Crippen LogP contribution in [0.3, 0.4) is 0 Å². The molecular formula is C7H11N3O. The average Bonchev–Trinajstić information content (AvgIpc) is 2.68. The minimum Gasteiger partial charge on any atom is -0.387 e. The summed E-state index contributed by atoms with van der Waals surface area (Å²) < 4.78 is 1.82. The Morgan fingerprint density at radius 1 is 1.73 bits per heavy atom. The summed E-state index contributed by atoms with van der Waals surface area (Å²) in [6, 6.07) is 0.502. The van der Waals surface area contributed by atoms with E-state index in [1.165, 1.54) is 12.8 Å². The molecule has 1 heterocycles. The van der Waals surface area contributed by atoms with Crippen molar-refractivity contribution in [2.24, 2.45) is 0 Å². The molecule has 0 spiro atoms. The summed E-state index contributed by atoms with van der Waals surface area (Å²) in [5.74, 6) is 0. The van der Waals surface area contributed by atoms with Crippen molar-refractivity contribution in [2.45, 2.75) is 31.9 Å². The molecule has 1 N–H and O–H groups in total. The van der Waals surface area contributed by atoms with Gasteiger partial charge in [0.25, 0.3) is 0 Å². The predicted molar refractivity (Wildman–Crippen MR) is 38.9 cm³/mol. The molecule has 60 valence electrons. The molecular weight excluding hydrogens is 142 g/mol. The fourth-order valence-corrected chi connectivity index (χ4v) is 1.15. The number of aliphatic hydroxyl groups is 1. The van der Waals surface area contributed by atoms with Crippen molar-refractivity contribution < 1.29 is 5.11 Å². The summed E-state index contributed by atoms with van der Waals surface area (Å²) in [6.45, 7) is 1.73. The Kier molecular flexibility index (Phi) is 1.42. The number of rotatable bonds is 2. The van der Waals surface area contributed by atoms with E-state index < -0.39 is 6.10 Å². The third kappa shape index (κ3) is 1.14. The minimum absolute atomic E-state index is 0.453. The number of hydrogen-bond acceptors (Lipinski definition) is 3. The van der Waals surface area contributed by atoms with Gasteiger partial charge in [0.1, 0.15) is 0 Å². The molecule has 1 aliphatic rings. The molecule has 0 bridgehead atoms. The van der Waals surface area contributed by atoms with Crippen LogP contribution in [-0.2, 0) is 0 Å². The molecule has 0 aromatic carbocycles. The monoisotopic (exact) mass is 153 g/mol. The Morgan fingerprint density at radius 3 is 3.00 bits per heavy atom. The van der Waals surface area contributed by atoms with Gasteiger partial charge in [0.2, 0.25) is 0 Å². The maximum atomic E-state index is 9.27. The summed E-state index contributed by atoms with van der Waals surface area (Å²) in [6.07, 6.45) is 3.51. The van der Waals surface area contributed by atoms with Crippen LogP contribution >= 0.6 is 0 Å². The maximum Gasteiger partial charge on any atom is 0.0945 e. The van der Waals surface area contributed by atoms with E-state index in [1.807, 2.05) is 4.68 Å². The highest BCUT2D eigenvalue weighted by Crippen LogP contribution is 2.35. The zero-order valence-electron chi connectivity index (χ0n) is 6.44. The molecule has 1 fully saturated rings. The van der Waals surface area contributed by atoms with Crippen LogP contribution in [0.2, 0.25) is 0 Å². The van der Waals surface area contributed by atoms with Gasteiger partial charge in [-0.05, 0) is 19.8 Å². The second-order valence-electron chi connectivity index (χ2n) is 3.01. The quantitative estimate of drug-likeness (QED) is 0.679. The molecule has 2 rings (SSSR count). The Hall–Kier alpha value is -0.900. The first kappa shape index (κ1) is 6.79. The van der Waals surface area contributed by atoms with Crippen LogP contribution in [0.5, 0.6) is 0 Å². The van der Waals surface area contributed by atoms with Crippen molar-refractivity contribution in [1.29, 1.82) is 0 Å². The molecule has 1 aliphatic carbocycles. The highest BCUT2D eigenvalue weighted by atomic mass is 16.3. The molecule has 1 saturated carbocycles. The largest absolute Gasteiger partial charge is 0.387 e. The van der Waals surface area contributed by atoms with Crippen LogP contribution < -0.4 is 0 Å². The first-order valence-electron chi connectivity index (χ1n) is 3.87. The summed E-state index contributed by atoms with van der Waals surface area (Å²) in [4.78, 5) is 0. The molecule has 0 unspecified atom stereocenters. The lowest BCUT2D eigenvalue weighted by Crippen LogP contribution is -2.05. The van der Waals surface area contributed by atoms with Crippen LogP contribution in [0, 0.1) is 0 Å². The summed E-state index contributed by atoms with van der Waals surface area (Å²) in [5.41, 5.74) is 0.826. The second kappa shape index (κ2) is 2.30. The van der Waals surface area contributed by atoms with Crippen LogP contribution in [0.1, 0.15) is 37.6 Å². The van der Waals surface area contributed by atoms with E-state index in [0.717, 1.165) is 5.69 Å². The van der Waals surface area contributed by atoms with E-state index >= 15 is 0 Å². The zero-order chi connectivity index (χ0) is 7.84. The fraction of sp³-hybridized carbons (Fsp3) is 0.714. The smallest absolute Gasteiger partial charge is 0.0945 e. The van der Waals surface area contributed by atoms with E-state index in [-0.39, 0.29) is 0 Å². The average molecular weight is 153 g/mol. The van der Waals surface area contributed by atoms with Crippen molar-refractivity contribution in [3.63, 3.8) is 0 Å². The molecule has 1 aromatic rings. The molecule has 0 amide bonds. The summed E-state index contributed by atoms with van der Waals surface area (Å²) >= 11 is 0. The van der Waals surface area contributed by atoms with Crippen molar-refractivity contribution in [3.05, 3.63) is 11.9 Å². The van der Waals surface area contributed by atoms with Gasteiger partial charge < -0.3 is 5.11 Å². The van der Waals surface area contributed by atoms with Gasteiger partial charge in [-0.25, -0.2) is 4.68 Å². The van der Waals surface area contributed by atoms with Crippen molar-refractivity contribution in [1.82, 2.24) is 15.0 Å². The van der Waals surface area contributed by atoms with Crippen LogP contribution in [0.15, 0.2) is 6.20 Å². The fourth-order valence-electron chi connectivity index (χ4n) is 1.15. The third-order valence-corrected chi connectivity index (χ3v) is 1.92. The zero-order valence-corrected chi connectivity index (χ0v) is 6.44. The molecule has 4 heteroatoms. The van der Waals surface area contributed by atoms with Crippen LogP contribution in [-0.4, -0.2) is 20.1 Å². The Balaban J connectivity index is 2.30. The molecule has 4 nitrogen and oxygen atoms in total. The van der Waals surface area contributed by atoms with Crippen LogP contribution in [0.25, 0.3) is 0 Å². The Bertz CT molecular complexity index is 235. The molecule has 11 heavy (non-hydrogen) atoms. The molecule has 0 radical (unpaired) electrons. The Morgan fingerprint density at radius 2 is 2.45 bits per heavy atom. The summed E-state index contributed by atoms with van der Waals surface area (Å²) in [5, 5.41) is 16.9. The first-order valence-corrected chi connectivity index (χ1v) is 3.87. The highest BCUT2D eigenvalue weighted by molar-refractivity contribution is 5.01. The van der Waals surface area contributed by atoms with E-state index in [2.05, 4.69) is 10.3 Å².